The van der Waals surface area contributed by atoms with Crippen LogP contribution in [0, 0.1) is 0 Å². The standard InChI is InChI=1S/C10H7F3N4O/c11-10(12,13)8-5-7(16-17-8)9(18)15-6-1-3-14-4-2-6/h1-5H,(H,16,17)(H,14,15,18). The van der Waals surface area contributed by atoms with Crippen LogP contribution in [0.4, 0.5) is 18.9 Å². The zero-order valence-electron chi connectivity index (χ0n) is 8.82. The topological polar surface area (TPSA) is 70.7 Å². The number of H-pyrrole nitrogens is 1. The van der Waals surface area contributed by atoms with E-state index in [1.54, 1.807) is 5.10 Å². The minimum Gasteiger partial charge on any atom is -0.320 e. The van der Waals surface area contributed by atoms with Crippen molar-refractivity contribution in [1.82, 2.24) is 15.2 Å². The van der Waals surface area contributed by atoms with Crippen molar-refractivity contribution < 1.29 is 18.0 Å². The molecule has 5 nitrogen and oxygen atoms in total. The van der Waals surface area contributed by atoms with Crippen molar-refractivity contribution in [2.45, 2.75) is 6.18 Å². The number of anilines is 1. The van der Waals surface area contributed by atoms with E-state index < -0.39 is 17.8 Å². The second kappa shape index (κ2) is 4.47. The number of aromatic amines is 1. The Labute approximate surface area is 99.0 Å². The molecule has 0 spiro atoms. The summed E-state index contributed by atoms with van der Waals surface area (Å²) < 4.78 is 36.8. The Bertz CT molecular complexity index is 550. The van der Waals surface area contributed by atoms with Gasteiger partial charge in [-0.3, -0.25) is 14.9 Å². The highest BCUT2D eigenvalue weighted by atomic mass is 19.4. The first kappa shape index (κ1) is 12.1. The number of carbonyl (C=O) groups is 1. The summed E-state index contributed by atoms with van der Waals surface area (Å²) in [6.07, 6.45) is -1.66. The molecule has 0 atom stereocenters. The molecule has 94 valence electrons. The average Bonchev–Trinajstić information content (AvgIpc) is 2.79. The Morgan fingerprint density at radius 2 is 1.94 bits per heavy atom. The second-order valence-corrected chi connectivity index (χ2v) is 3.35. The third-order valence-corrected chi connectivity index (χ3v) is 2.05. The summed E-state index contributed by atoms with van der Waals surface area (Å²) in [6.45, 7) is 0. The molecule has 2 rings (SSSR count). The highest BCUT2D eigenvalue weighted by Gasteiger charge is 2.33. The second-order valence-electron chi connectivity index (χ2n) is 3.35. The van der Waals surface area contributed by atoms with Crippen LogP contribution < -0.4 is 5.32 Å². The van der Waals surface area contributed by atoms with Gasteiger partial charge in [0.1, 0.15) is 5.69 Å². The highest BCUT2D eigenvalue weighted by molar-refractivity contribution is 6.02. The molecule has 0 unspecified atom stereocenters. The Morgan fingerprint density at radius 1 is 1.28 bits per heavy atom. The molecule has 0 aliphatic heterocycles. The zero-order valence-corrected chi connectivity index (χ0v) is 8.82. The predicted molar refractivity (Wildman–Crippen MR) is 55.8 cm³/mol. The molecule has 0 radical (unpaired) electrons. The number of pyridine rings is 1. The van der Waals surface area contributed by atoms with Crippen LogP contribution >= 0.6 is 0 Å². The fraction of sp³-hybridized carbons (Fsp3) is 0.100. The molecule has 1 amide bonds. The van der Waals surface area contributed by atoms with Gasteiger partial charge < -0.3 is 5.32 Å². The number of rotatable bonds is 2. The molecule has 0 aliphatic rings. The third kappa shape index (κ3) is 2.65. The van der Waals surface area contributed by atoms with Gasteiger partial charge in [-0.1, -0.05) is 0 Å². The van der Waals surface area contributed by atoms with Gasteiger partial charge in [-0.15, -0.1) is 0 Å². The highest BCUT2D eigenvalue weighted by Crippen LogP contribution is 2.27. The van der Waals surface area contributed by atoms with Gasteiger partial charge in [0.15, 0.2) is 5.69 Å². The van der Waals surface area contributed by atoms with Crippen LogP contribution in [0.5, 0.6) is 0 Å². The Morgan fingerprint density at radius 3 is 2.50 bits per heavy atom. The SMILES string of the molecule is O=C(Nc1ccncc1)c1cc(C(F)(F)F)[nH]n1. The van der Waals surface area contributed by atoms with E-state index in [-0.39, 0.29) is 5.69 Å². The Kier molecular flexibility index (Phi) is 3.00. The largest absolute Gasteiger partial charge is 0.432 e. The van der Waals surface area contributed by atoms with Crippen LogP contribution in [-0.2, 0) is 6.18 Å². The fourth-order valence-electron chi connectivity index (χ4n) is 1.21. The summed E-state index contributed by atoms with van der Waals surface area (Å²) in [7, 11) is 0. The molecule has 0 fully saturated rings. The minimum absolute atomic E-state index is 0.334. The molecule has 2 aromatic rings. The lowest BCUT2D eigenvalue weighted by Gasteiger charge is -2.01. The molecule has 18 heavy (non-hydrogen) atoms. The number of halogens is 3. The van der Waals surface area contributed by atoms with E-state index in [2.05, 4.69) is 15.4 Å². The molecule has 0 saturated heterocycles. The first-order chi connectivity index (χ1) is 8.47. The van der Waals surface area contributed by atoms with E-state index in [1.165, 1.54) is 24.5 Å². The normalized spacial score (nSPS) is 11.3. The fourth-order valence-corrected chi connectivity index (χ4v) is 1.21. The van der Waals surface area contributed by atoms with Gasteiger partial charge in [0, 0.05) is 24.1 Å². The summed E-state index contributed by atoms with van der Waals surface area (Å²) in [4.78, 5) is 15.3. The maximum Gasteiger partial charge on any atom is 0.432 e. The summed E-state index contributed by atoms with van der Waals surface area (Å²) in [5, 5.41) is 7.46. The van der Waals surface area contributed by atoms with Gasteiger partial charge in [-0.25, -0.2) is 0 Å². The monoisotopic (exact) mass is 256 g/mol. The van der Waals surface area contributed by atoms with E-state index in [0.717, 1.165) is 0 Å². The van der Waals surface area contributed by atoms with Crippen LogP contribution in [0.1, 0.15) is 16.2 Å². The van der Waals surface area contributed by atoms with Crippen LogP contribution in [0.2, 0.25) is 0 Å². The number of aromatic nitrogens is 3. The third-order valence-electron chi connectivity index (χ3n) is 2.05. The molecule has 8 heteroatoms. The first-order valence-corrected chi connectivity index (χ1v) is 4.81. The smallest absolute Gasteiger partial charge is 0.320 e. The summed E-state index contributed by atoms with van der Waals surface area (Å²) >= 11 is 0. The van der Waals surface area contributed by atoms with Crippen LogP contribution in [0.3, 0.4) is 0 Å². The number of nitrogens with zero attached hydrogens (tertiary/aromatic N) is 2. The number of hydrogen-bond acceptors (Lipinski definition) is 3. The molecule has 0 bridgehead atoms. The van der Waals surface area contributed by atoms with Crippen molar-refractivity contribution in [2.75, 3.05) is 5.32 Å². The number of hydrogen-bond donors (Lipinski definition) is 2. The lowest BCUT2D eigenvalue weighted by molar-refractivity contribution is -0.141. The molecular formula is C10H7F3N4O. The lowest BCUT2D eigenvalue weighted by atomic mass is 10.3. The van der Waals surface area contributed by atoms with Crippen molar-refractivity contribution >= 4 is 11.6 Å². The summed E-state index contributed by atoms with van der Waals surface area (Å²) in [6, 6.07) is 3.67. The van der Waals surface area contributed by atoms with Gasteiger partial charge in [0.2, 0.25) is 0 Å². The minimum atomic E-state index is -4.55. The van der Waals surface area contributed by atoms with Crippen molar-refractivity contribution in [3.63, 3.8) is 0 Å². The molecule has 0 aliphatic carbocycles. The van der Waals surface area contributed by atoms with Crippen LogP contribution in [0.15, 0.2) is 30.6 Å². The molecule has 2 N–H and O–H groups in total. The number of alkyl halides is 3. The van der Waals surface area contributed by atoms with Crippen LogP contribution in [-0.4, -0.2) is 21.1 Å². The van der Waals surface area contributed by atoms with Gasteiger partial charge in [0.05, 0.1) is 0 Å². The zero-order chi connectivity index (χ0) is 13.2. The molecule has 0 aromatic carbocycles. The average molecular weight is 256 g/mol. The maximum absolute atomic E-state index is 12.3. The number of nitrogens with one attached hydrogen (secondary N) is 2. The number of carbonyl (C=O) groups excluding carboxylic acids is 1. The summed E-state index contributed by atoms with van der Waals surface area (Å²) in [5.74, 6) is -0.729. The van der Waals surface area contributed by atoms with Gasteiger partial charge in [-0.05, 0) is 12.1 Å². The maximum atomic E-state index is 12.3. The van der Waals surface area contributed by atoms with E-state index in [0.29, 0.717) is 11.8 Å². The first-order valence-electron chi connectivity index (χ1n) is 4.81. The van der Waals surface area contributed by atoms with Crippen molar-refractivity contribution in [2.24, 2.45) is 0 Å². The predicted octanol–water partition coefficient (Wildman–Crippen LogP) is 2.08. The van der Waals surface area contributed by atoms with Crippen LogP contribution in [0.25, 0.3) is 0 Å². The number of amides is 1. The molecule has 2 aromatic heterocycles. The molecule has 0 saturated carbocycles. The Hall–Kier alpha value is -2.38. The van der Waals surface area contributed by atoms with E-state index in [9.17, 15) is 18.0 Å². The van der Waals surface area contributed by atoms with E-state index in [1.807, 2.05) is 0 Å². The lowest BCUT2D eigenvalue weighted by Crippen LogP contribution is -2.12. The van der Waals surface area contributed by atoms with Crippen molar-refractivity contribution in [1.29, 1.82) is 0 Å². The van der Waals surface area contributed by atoms with Crippen molar-refractivity contribution in [3.05, 3.63) is 42.0 Å². The van der Waals surface area contributed by atoms with Gasteiger partial charge in [-0.2, -0.15) is 18.3 Å². The molecule has 2 heterocycles. The van der Waals surface area contributed by atoms with E-state index >= 15 is 0 Å². The van der Waals surface area contributed by atoms with E-state index in [4.69, 9.17) is 0 Å². The van der Waals surface area contributed by atoms with Crippen molar-refractivity contribution in [3.8, 4) is 0 Å². The van der Waals surface area contributed by atoms with Gasteiger partial charge >= 0.3 is 6.18 Å². The molecular weight excluding hydrogens is 249 g/mol. The summed E-state index contributed by atoms with van der Waals surface area (Å²) in [5.41, 5.74) is -0.979. The Balaban J connectivity index is 2.13. The quantitative estimate of drug-likeness (QED) is 0.864. The van der Waals surface area contributed by atoms with Gasteiger partial charge in [0.25, 0.3) is 5.91 Å².